The third kappa shape index (κ3) is 4.94. The lowest BCUT2D eigenvalue weighted by Gasteiger charge is -2.12. The van der Waals surface area contributed by atoms with Gasteiger partial charge in [-0.1, -0.05) is 45.8 Å². The second-order valence-electron chi connectivity index (χ2n) is 7.34. The predicted octanol–water partition coefficient (Wildman–Crippen LogP) is 6.30. The van der Waals surface area contributed by atoms with Gasteiger partial charge >= 0.3 is 0 Å². The summed E-state index contributed by atoms with van der Waals surface area (Å²) in [6, 6.07) is 23.6. The highest BCUT2D eigenvalue weighted by atomic mass is 79.9. The van der Waals surface area contributed by atoms with Crippen molar-refractivity contribution in [3.05, 3.63) is 94.0 Å². The molecule has 0 saturated heterocycles. The molecule has 0 spiro atoms. The first kappa shape index (κ1) is 21.1. The van der Waals surface area contributed by atoms with E-state index in [1.54, 1.807) is 0 Å². The summed E-state index contributed by atoms with van der Waals surface area (Å²) in [5.74, 6) is 0.685. The Kier molecular flexibility index (Phi) is 6.33. The Hall–Kier alpha value is -3.18. The molecule has 0 radical (unpaired) electrons. The van der Waals surface area contributed by atoms with Gasteiger partial charge in [-0.2, -0.15) is 0 Å². The van der Waals surface area contributed by atoms with Crippen LogP contribution >= 0.6 is 15.9 Å². The molecule has 0 atom stereocenters. The second-order valence-corrected chi connectivity index (χ2v) is 8.26. The molecule has 31 heavy (non-hydrogen) atoms. The fourth-order valence-electron chi connectivity index (χ4n) is 3.41. The fraction of sp³-hybridized carbons (Fsp3) is 0.154. The number of hydrogen-bond acceptors (Lipinski definition) is 3. The molecule has 4 aromatic rings. The summed E-state index contributed by atoms with van der Waals surface area (Å²) in [5.41, 5.74) is 5.31. The summed E-state index contributed by atoms with van der Waals surface area (Å²) in [7, 11) is 0. The number of halogens is 1. The van der Waals surface area contributed by atoms with Crippen molar-refractivity contribution in [2.75, 3.05) is 6.61 Å². The second kappa shape index (κ2) is 9.31. The van der Waals surface area contributed by atoms with E-state index in [0.29, 0.717) is 18.7 Å². The zero-order chi connectivity index (χ0) is 21.8. The van der Waals surface area contributed by atoms with Crippen molar-refractivity contribution < 1.29 is 9.53 Å². The van der Waals surface area contributed by atoms with E-state index in [-0.39, 0.29) is 5.91 Å². The lowest BCUT2D eigenvalue weighted by Crippen LogP contribution is -2.23. The Balaban J connectivity index is 1.69. The van der Waals surface area contributed by atoms with Crippen LogP contribution in [0.1, 0.15) is 28.4 Å². The molecule has 0 fully saturated rings. The maximum absolute atomic E-state index is 13.2. The first-order valence-corrected chi connectivity index (χ1v) is 11.0. The van der Waals surface area contributed by atoms with Crippen LogP contribution in [-0.2, 0) is 6.54 Å². The van der Waals surface area contributed by atoms with E-state index in [1.165, 1.54) is 5.56 Å². The van der Waals surface area contributed by atoms with Crippen molar-refractivity contribution >= 4 is 32.7 Å². The lowest BCUT2D eigenvalue weighted by molar-refractivity contribution is 0.0952. The third-order valence-electron chi connectivity index (χ3n) is 5.05. The maximum Gasteiger partial charge on any atom is 0.252 e. The molecule has 156 valence electrons. The molecule has 0 aliphatic carbocycles. The van der Waals surface area contributed by atoms with Gasteiger partial charge in [-0.05, 0) is 67.9 Å². The number of nitrogens with one attached hydrogen (secondary N) is 1. The number of pyridine rings is 1. The summed E-state index contributed by atoms with van der Waals surface area (Å²) >= 11 is 3.51. The number of amides is 1. The van der Waals surface area contributed by atoms with Crippen LogP contribution in [0.5, 0.6) is 5.75 Å². The van der Waals surface area contributed by atoms with Crippen LogP contribution in [0.3, 0.4) is 0 Å². The molecular weight excluding hydrogens is 452 g/mol. The van der Waals surface area contributed by atoms with Crippen LogP contribution in [0.4, 0.5) is 0 Å². The molecule has 0 aliphatic heterocycles. The number of ether oxygens (including phenoxy) is 1. The minimum absolute atomic E-state index is 0.127. The van der Waals surface area contributed by atoms with E-state index in [0.717, 1.165) is 37.9 Å². The zero-order valence-electron chi connectivity index (χ0n) is 17.5. The zero-order valence-corrected chi connectivity index (χ0v) is 19.1. The normalized spacial score (nSPS) is 10.8. The molecule has 3 aromatic carbocycles. The van der Waals surface area contributed by atoms with E-state index in [9.17, 15) is 4.79 Å². The molecule has 0 bridgehead atoms. The van der Waals surface area contributed by atoms with E-state index in [4.69, 9.17) is 9.72 Å². The largest absolute Gasteiger partial charge is 0.494 e. The highest BCUT2D eigenvalue weighted by molar-refractivity contribution is 9.10. The van der Waals surface area contributed by atoms with E-state index < -0.39 is 0 Å². The summed E-state index contributed by atoms with van der Waals surface area (Å²) in [6.45, 7) is 5.09. The maximum atomic E-state index is 13.2. The predicted molar refractivity (Wildman–Crippen MR) is 128 cm³/mol. The fourth-order valence-corrected chi connectivity index (χ4v) is 3.77. The van der Waals surface area contributed by atoms with Crippen LogP contribution < -0.4 is 10.1 Å². The molecule has 1 heterocycles. The van der Waals surface area contributed by atoms with Crippen molar-refractivity contribution in [3.8, 4) is 17.0 Å². The number of nitrogens with zero attached hydrogens (tertiary/aromatic N) is 1. The molecular formula is C26H23BrN2O2. The van der Waals surface area contributed by atoms with Gasteiger partial charge in [0.2, 0.25) is 0 Å². The number of hydrogen-bond donors (Lipinski definition) is 1. The number of aromatic nitrogens is 1. The van der Waals surface area contributed by atoms with Gasteiger partial charge in [-0.3, -0.25) is 4.79 Å². The number of rotatable bonds is 6. The van der Waals surface area contributed by atoms with Crippen molar-refractivity contribution in [3.63, 3.8) is 0 Å². The van der Waals surface area contributed by atoms with Gasteiger partial charge in [0.1, 0.15) is 5.75 Å². The van der Waals surface area contributed by atoms with Crippen molar-refractivity contribution in [1.82, 2.24) is 10.3 Å². The van der Waals surface area contributed by atoms with Gasteiger partial charge < -0.3 is 10.1 Å². The molecule has 4 rings (SSSR count). The quantitative estimate of drug-likeness (QED) is 0.356. The van der Waals surface area contributed by atoms with E-state index in [1.807, 2.05) is 86.6 Å². The molecule has 1 aromatic heterocycles. The van der Waals surface area contributed by atoms with Gasteiger partial charge in [-0.15, -0.1) is 0 Å². The highest BCUT2D eigenvalue weighted by Gasteiger charge is 2.15. The van der Waals surface area contributed by atoms with Gasteiger partial charge in [0, 0.05) is 22.0 Å². The topological polar surface area (TPSA) is 51.2 Å². The average molecular weight is 475 g/mol. The Morgan fingerprint density at radius 2 is 1.74 bits per heavy atom. The highest BCUT2D eigenvalue weighted by Crippen LogP contribution is 2.28. The Morgan fingerprint density at radius 3 is 2.45 bits per heavy atom. The van der Waals surface area contributed by atoms with Gasteiger partial charge in [0.15, 0.2) is 0 Å². The number of aryl methyl sites for hydroxylation is 1. The van der Waals surface area contributed by atoms with E-state index in [2.05, 4.69) is 21.2 Å². The van der Waals surface area contributed by atoms with Crippen LogP contribution in [0.25, 0.3) is 22.2 Å². The van der Waals surface area contributed by atoms with Crippen LogP contribution in [0.2, 0.25) is 0 Å². The standard InChI is InChI=1S/C26H23BrN2O2/c1-3-31-21-11-8-19(9-12-21)25-15-23(22-14-20(27)10-13-24(22)29-25)26(30)28-16-18-6-4-17(2)5-7-18/h4-15H,3,16H2,1-2H3,(H,28,30). The number of fused-ring (bicyclic) bond motifs is 1. The summed E-state index contributed by atoms with van der Waals surface area (Å²) < 4.78 is 6.44. The minimum atomic E-state index is -0.127. The molecule has 1 amide bonds. The van der Waals surface area contributed by atoms with Gasteiger partial charge in [0.25, 0.3) is 5.91 Å². The molecule has 0 unspecified atom stereocenters. The Labute approximate surface area is 190 Å². The molecule has 0 aliphatic rings. The van der Waals surface area contributed by atoms with Crippen LogP contribution in [0, 0.1) is 6.92 Å². The van der Waals surface area contributed by atoms with E-state index >= 15 is 0 Å². The van der Waals surface area contributed by atoms with Crippen LogP contribution in [-0.4, -0.2) is 17.5 Å². The molecule has 1 N–H and O–H groups in total. The SMILES string of the molecule is CCOc1ccc(-c2cc(C(=O)NCc3ccc(C)cc3)c3cc(Br)ccc3n2)cc1. The first-order valence-electron chi connectivity index (χ1n) is 10.2. The Morgan fingerprint density at radius 1 is 1.00 bits per heavy atom. The van der Waals surface area contributed by atoms with Crippen molar-refractivity contribution in [2.45, 2.75) is 20.4 Å². The number of benzene rings is 3. The Bertz CT molecular complexity index is 1220. The van der Waals surface area contributed by atoms with Crippen molar-refractivity contribution in [1.29, 1.82) is 0 Å². The third-order valence-corrected chi connectivity index (χ3v) is 5.54. The summed E-state index contributed by atoms with van der Waals surface area (Å²) in [6.07, 6.45) is 0. The van der Waals surface area contributed by atoms with Gasteiger partial charge in [-0.25, -0.2) is 4.98 Å². The van der Waals surface area contributed by atoms with Crippen molar-refractivity contribution in [2.24, 2.45) is 0 Å². The first-order chi connectivity index (χ1) is 15.0. The summed E-state index contributed by atoms with van der Waals surface area (Å²) in [5, 5.41) is 3.86. The molecule has 4 nitrogen and oxygen atoms in total. The minimum Gasteiger partial charge on any atom is -0.494 e. The number of carbonyl (C=O) groups excluding carboxylic acids is 1. The lowest BCUT2D eigenvalue weighted by atomic mass is 10.0. The number of carbonyl (C=O) groups is 1. The average Bonchev–Trinajstić information content (AvgIpc) is 2.78. The molecule has 0 saturated carbocycles. The summed E-state index contributed by atoms with van der Waals surface area (Å²) in [4.78, 5) is 18.0. The monoisotopic (exact) mass is 474 g/mol. The van der Waals surface area contributed by atoms with Crippen LogP contribution in [0.15, 0.2) is 77.3 Å². The van der Waals surface area contributed by atoms with Gasteiger partial charge in [0.05, 0.1) is 23.4 Å². The smallest absolute Gasteiger partial charge is 0.252 e. The molecule has 5 heteroatoms.